The molecule has 0 bridgehead atoms. The Morgan fingerprint density at radius 1 is 0.265 bits per heavy atom. The van der Waals surface area contributed by atoms with E-state index in [1.165, 1.54) is 36.9 Å². The number of nitrogens with zero attached hydrogens (tertiary/aromatic N) is 3. The zero-order valence-corrected chi connectivity index (χ0v) is 27.3. The fourth-order valence-electron chi connectivity index (χ4n) is 6.42. The van der Waals surface area contributed by atoms with Crippen molar-refractivity contribution in [2.45, 2.75) is 0 Å². The van der Waals surface area contributed by atoms with E-state index in [9.17, 15) is 0 Å². The molecule has 2 heterocycles. The molecule has 7 aromatic carbocycles. The van der Waals surface area contributed by atoms with Crippen molar-refractivity contribution in [3.8, 4) is 67.5 Å². The Hall–Kier alpha value is -6.23. The van der Waals surface area contributed by atoms with E-state index < -0.39 is 0 Å². The number of benzene rings is 7. The highest BCUT2D eigenvalue weighted by Gasteiger charge is 2.15. The van der Waals surface area contributed by atoms with Gasteiger partial charge in [-0.05, 0) is 57.6 Å². The molecule has 2 aromatic heterocycles. The van der Waals surface area contributed by atoms with Crippen LogP contribution in [0, 0.1) is 0 Å². The van der Waals surface area contributed by atoms with Crippen LogP contribution in [0.1, 0.15) is 0 Å². The van der Waals surface area contributed by atoms with Gasteiger partial charge in [0, 0.05) is 36.9 Å². The van der Waals surface area contributed by atoms with Crippen LogP contribution in [0.25, 0.3) is 87.7 Å². The van der Waals surface area contributed by atoms with Crippen molar-refractivity contribution in [3.05, 3.63) is 176 Å². The summed E-state index contributed by atoms with van der Waals surface area (Å²) >= 11 is 1.80. The molecule has 230 valence electrons. The molecule has 0 aliphatic rings. The van der Waals surface area contributed by atoms with Crippen molar-refractivity contribution >= 4 is 31.5 Å². The van der Waals surface area contributed by atoms with E-state index >= 15 is 0 Å². The second kappa shape index (κ2) is 12.4. The molecule has 0 unspecified atom stereocenters. The molecule has 49 heavy (non-hydrogen) atoms. The lowest BCUT2D eigenvalue weighted by Gasteiger charge is -2.11. The molecule has 0 saturated carbocycles. The maximum Gasteiger partial charge on any atom is 0.164 e. The maximum atomic E-state index is 5.11. The van der Waals surface area contributed by atoms with Crippen molar-refractivity contribution in [3.63, 3.8) is 0 Å². The highest BCUT2D eigenvalue weighted by Crippen LogP contribution is 2.37. The SMILES string of the molecule is c1ccc(-c2ccc(-c3nc(-c4cccc(-c5cccc(-c6ccccc6)c5)c4)nc(-c4ccc5c(c4)sc4ccccc45)n3)cc2)cc1. The van der Waals surface area contributed by atoms with Crippen LogP contribution in [0.2, 0.25) is 0 Å². The van der Waals surface area contributed by atoms with E-state index in [1.807, 2.05) is 12.1 Å². The van der Waals surface area contributed by atoms with E-state index in [2.05, 4.69) is 164 Å². The van der Waals surface area contributed by atoms with E-state index in [1.54, 1.807) is 11.3 Å². The standard InChI is InChI=1S/C45H29N3S/c1-3-11-30(12-4-1)32-21-23-33(24-22-32)43-46-44(48-45(47-43)38-25-26-40-39-19-7-8-20-41(39)49-42(40)29-38)37-18-10-17-36(28-37)35-16-9-15-34(27-35)31-13-5-2-6-14-31/h1-29H. The zero-order valence-electron chi connectivity index (χ0n) is 26.5. The lowest BCUT2D eigenvalue weighted by atomic mass is 9.98. The lowest BCUT2D eigenvalue weighted by Crippen LogP contribution is -2.00. The minimum atomic E-state index is 0.643. The first-order chi connectivity index (χ1) is 24.2. The van der Waals surface area contributed by atoms with Gasteiger partial charge < -0.3 is 0 Å². The average molecular weight is 644 g/mol. The number of fused-ring (bicyclic) bond motifs is 3. The molecule has 0 fully saturated rings. The summed E-state index contributed by atoms with van der Waals surface area (Å²) in [4.78, 5) is 15.3. The van der Waals surface area contributed by atoms with E-state index in [0.717, 1.165) is 33.4 Å². The second-order valence-electron chi connectivity index (χ2n) is 12.1. The Labute approximate surface area is 288 Å². The van der Waals surface area contributed by atoms with Gasteiger partial charge in [0.05, 0.1) is 0 Å². The first-order valence-corrected chi connectivity index (χ1v) is 17.2. The monoisotopic (exact) mass is 643 g/mol. The smallest absolute Gasteiger partial charge is 0.164 e. The van der Waals surface area contributed by atoms with Gasteiger partial charge in [-0.3, -0.25) is 0 Å². The quantitative estimate of drug-likeness (QED) is 0.181. The third kappa shape index (κ3) is 5.69. The zero-order chi connectivity index (χ0) is 32.6. The Bertz CT molecular complexity index is 2590. The summed E-state index contributed by atoms with van der Waals surface area (Å²) in [6.45, 7) is 0. The van der Waals surface area contributed by atoms with Crippen LogP contribution in [0.4, 0.5) is 0 Å². The van der Waals surface area contributed by atoms with Gasteiger partial charge >= 0.3 is 0 Å². The Kier molecular flexibility index (Phi) is 7.34. The molecule has 0 aliphatic carbocycles. The van der Waals surface area contributed by atoms with Gasteiger partial charge in [0.25, 0.3) is 0 Å². The Morgan fingerprint density at radius 2 is 0.673 bits per heavy atom. The summed E-state index contributed by atoms with van der Waals surface area (Å²) in [5.74, 6) is 1.94. The summed E-state index contributed by atoms with van der Waals surface area (Å²) in [5, 5.41) is 2.53. The van der Waals surface area contributed by atoms with Crippen LogP contribution in [-0.4, -0.2) is 15.0 Å². The van der Waals surface area contributed by atoms with Crippen molar-refractivity contribution in [2.24, 2.45) is 0 Å². The first-order valence-electron chi connectivity index (χ1n) is 16.4. The summed E-state index contributed by atoms with van der Waals surface area (Å²) in [5.41, 5.74) is 9.81. The number of rotatable bonds is 6. The lowest BCUT2D eigenvalue weighted by molar-refractivity contribution is 1.07. The minimum absolute atomic E-state index is 0.643. The fourth-order valence-corrected chi connectivity index (χ4v) is 7.56. The number of hydrogen-bond acceptors (Lipinski definition) is 4. The van der Waals surface area contributed by atoms with E-state index in [-0.39, 0.29) is 0 Å². The molecule has 9 rings (SSSR count). The fraction of sp³-hybridized carbons (Fsp3) is 0. The molecule has 0 amide bonds. The molecule has 0 aliphatic heterocycles. The summed E-state index contributed by atoms with van der Waals surface area (Å²) in [6, 6.07) is 61.7. The van der Waals surface area contributed by atoms with Gasteiger partial charge in [0.2, 0.25) is 0 Å². The Balaban J connectivity index is 1.16. The third-order valence-electron chi connectivity index (χ3n) is 8.95. The van der Waals surface area contributed by atoms with Crippen molar-refractivity contribution in [1.82, 2.24) is 15.0 Å². The average Bonchev–Trinajstić information content (AvgIpc) is 3.57. The molecule has 4 heteroatoms. The van der Waals surface area contributed by atoms with Gasteiger partial charge in [-0.1, -0.05) is 152 Å². The topological polar surface area (TPSA) is 38.7 Å². The molecule has 0 atom stereocenters. The molecule has 9 aromatic rings. The van der Waals surface area contributed by atoms with Gasteiger partial charge in [-0.15, -0.1) is 11.3 Å². The van der Waals surface area contributed by atoms with Crippen LogP contribution in [0.3, 0.4) is 0 Å². The highest BCUT2D eigenvalue weighted by atomic mass is 32.1. The van der Waals surface area contributed by atoms with Crippen LogP contribution in [-0.2, 0) is 0 Å². The minimum Gasteiger partial charge on any atom is -0.208 e. The van der Waals surface area contributed by atoms with Crippen molar-refractivity contribution in [1.29, 1.82) is 0 Å². The first kappa shape index (κ1) is 29.0. The van der Waals surface area contributed by atoms with Crippen LogP contribution in [0.15, 0.2) is 176 Å². The largest absolute Gasteiger partial charge is 0.208 e. The molecular formula is C45H29N3S. The molecule has 0 radical (unpaired) electrons. The predicted octanol–water partition coefficient (Wildman–Crippen LogP) is 12.2. The van der Waals surface area contributed by atoms with Crippen LogP contribution in [0.5, 0.6) is 0 Å². The summed E-state index contributed by atoms with van der Waals surface area (Å²) < 4.78 is 2.49. The molecule has 0 spiro atoms. The summed E-state index contributed by atoms with van der Waals surface area (Å²) in [6.07, 6.45) is 0. The number of hydrogen-bond donors (Lipinski definition) is 0. The maximum absolute atomic E-state index is 5.11. The van der Waals surface area contributed by atoms with Crippen LogP contribution >= 0.6 is 11.3 Å². The van der Waals surface area contributed by atoms with E-state index in [0.29, 0.717) is 17.5 Å². The van der Waals surface area contributed by atoms with Crippen LogP contribution < -0.4 is 0 Å². The summed E-state index contributed by atoms with van der Waals surface area (Å²) in [7, 11) is 0. The molecule has 3 nitrogen and oxygen atoms in total. The Morgan fingerprint density at radius 3 is 1.35 bits per heavy atom. The number of aromatic nitrogens is 3. The second-order valence-corrected chi connectivity index (χ2v) is 13.2. The third-order valence-corrected chi connectivity index (χ3v) is 10.1. The van der Waals surface area contributed by atoms with Gasteiger partial charge in [-0.25, -0.2) is 15.0 Å². The van der Waals surface area contributed by atoms with Gasteiger partial charge in [0.1, 0.15) is 0 Å². The van der Waals surface area contributed by atoms with Gasteiger partial charge in [0.15, 0.2) is 17.5 Å². The molecule has 0 N–H and O–H groups in total. The predicted molar refractivity (Wildman–Crippen MR) is 205 cm³/mol. The van der Waals surface area contributed by atoms with E-state index in [4.69, 9.17) is 15.0 Å². The van der Waals surface area contributed by atoms with Crippen molar-refractivity contribution in [2.75, 3.05) is 0 Å². The normalized spacial score (nSPS) is 11.3. The molecule has 0 saturated heterocycles. The van der Waals surface area contributed by atoms with Crippen molar-refractivity contribution < 1.29 is 0 Å². The number of thiophene rings is 1. The highest BCUT2D eigenvalue weighted by molar-refractivity contribution is 7.25. The molecular weight excluding hydrogens is 615 g/mol. The van der Waals surface area contributed by atoms with Gasteiger partial charge in [-0.2, -0.15) is 0 Å².